The summed E-state index contributed by atoms with van der Waals surface area (Å²) in [5, 5.41) is 0.429. The van der Waals surface area contributed by atoms with E-state index in [1.807, 2.05) is 13.0 Å². The highest BCUT2D eigenvalue weighted by Gasteiger charge is 2.23. The van der Waals surface area contributed by atoms with Crippen LogP contribution in [0.1, 0.15) is 32.0 Å². The van der Waals surface area contributed by atoms with E-state index in [4.69, 9.17) is 11.6 Å². The van der Waals surface area contributed by atoms with Gasteiger partial charge in [-0.25, -0.2) is 9.97 Å². The van der Waals surface area contributed by atoms with E-state index in [0.717, 1.165) is 21.3 Å². The molecule has 0 aliphatic carbocycles. The Kier molecular flexibility index (Phi) is 3.92. The third-order valence-corrected chi connectivity index (χ3v) is 4.05. The van der Waals surface area contributed by atoms with Gasteiger partial charge in [-0.05, 0) is 34.5 Å². The minimum Gasteiger partial charge on any atom is -0.264 e. The highest BCUT2D eigenvalue weighted by molar-refractivity contribution is 9.10. The predicted octanol–water partition coefficient (Wildman–Crippen LogP) is 4.56. The summed E-state index contributed by atoms with van der Waals surface area (Å²) in [6, 6.07) is 1.94. The Morgan fingerprint density at radius 3 is 2.47 bits per heavy atom. The standard InChI is InChI=1S/C14H15BrClN3/c1-8-5-6-17-7-9(8)13-18-11(14(2,3)4)10(15)12(16)19-13/h5-7H,1-4H3. The summed E-state index contributed by atoms with van der Waals surface area (Å²) in [6.07, 6.45) is 3.52. The van der Waals surface area contributed by atoms with E-state index in [1.165, 1.54) is 0 Å². The van der Waals surface area contributed by atoms with E-state index >= 15 is 0 Å². The van der Waals surface area contributed by atoms with Gasteiger partial charge in [-0.3, -0.25) is 4.98 Å². The Labute approximate surface area is 126 Å². The SMILES string of the molecule is Cc1ccncc1-c1nc(Cl)c(Br)c(C(C)(C)C)n1. The molecular formula is C14H15BrClN3. The summed E-state index contributed by atoms with van der Waals surface area (Å²) in [6.45, 7) is 8.29. The van der Waals surface area contributed by atoms with Crippen LogP contribution in [0.3, 0.4) is 0 Å². The first kappa shape index (κ1) is 14.4. The zero-order valence-electron chi connectivity index (χ0n) is 11.3. The second kappa shape index (κ2) is 5.17. The molecule has 0 aliphatic rings. The van der Waals surface area contributed by atoms with Gasteiger partial charge in [0.1, 0.15) is 5.15 Å². The normalized spacial score (nSPS) is 11.7. The average molecular weight is 341 g/mol. The number of rotatable bonds is 1. The van der Waals surface area contributed by atoms with Crippen LogP contribution in [0, 0.1) is 6.92 Å². The summed E-state index contributed by atoms with van der Waals surface area (Å²) < 4.78 is 0.756. The highest BCUT2D eigenvalue weighted by atomic mass is 79.9. The summed E-state index contributed by atoms with van der Waals surface area (Å²) in [5.41, 5.74) is 2.76. The van der Waals surface area contributed by atoms with Crippen LogP contribution in [0.5, 0.6) is 0 Å². The van der Waals surface area contributed by atoms with Crippen LogP contribution in [0.25, 0.3) is 11.4 Å². The molecule has 0 N–H and O–H groups in total. The summed E-state index contributed by atoms with van der Waals surface area (Å²) in [7, 11) is 0. The molecule has 0 bridgehead atoms. The van der Waals surface area contributed by atoms with Crippen molar-refractivity contribution >= 4 is 27.5 Å². The molecule has 0 saturated heterocycles. The minimum absolute atomic E-state index is 0.115. The van der Waals surface area contributed by atoms with E-state index in [-0.39, 0.29) is 5.41 Å². The van der Waals surface area contributed by atoms with Crippen molar-refractivity contribution in [3.8, 4) is 11.4 Å². The topological polar surface area (TPSA) is 38.7 Å². The Bertz CT molecular complexity index is 621. The number of halogens is 2. The molecule has 0 amide bonds. The zero-order valence-corrected chi connectivity index (χ0v) is 13.7. The van der Waals surface area contributed by atoms with Crippen LogP contribution in [-0.2, 0) is 5.41 Å². The maximum absolute atomic E-state index is 6.21. The lowest BCUT2D eigenvalue weighted by atomic mass is 9.92. The molecule has 100 valence electrons. The molecule has 0 aliphatic heterocycles. The first-order valence-corrected chi connectivity index (χ1v) is 7.12. The molecule has 0 saturated carbocycles. The maximum Gasteiger partial charge on any atom is 0.163 e. The number of aryl methyl sites for hydroxylation is 1. The van der Waals surface area contributed by atoms with E-state index in [2.05, 4.69) is 51.7 Å². The number of hydrogen-bond acceptors (Lipinski definition) is 3. The molecule has 2 heterocycles. The van der Waals surface area contributed by atoms with Crippen molar-refractivity contribution in [2.75, 3.05) is 0 Å². The van der Waals surface area contributed by atoms with E-state index < -0.39 is 0 Å². The maximum atomic E-state index is 6.21. The van der Waals surface area contributed by atoms with Gasteiger partial charge in [0, 0.05) is 23.4 Å². The quantitative estimate of drug-likeness (QED) is 0.714. The second-order valence-corrected chi connectivity index (χ2v) is 6.59. The van der Waals surface area contributed by atoms with Crippen molar-refractivity contribution in [2.24, 2.45) is 0 Å². The fourth-order valence-electron chi connectivity index (χ4n) is 1.74. The van der Waals surface area contributed by atoms with Gasteiger partial charge in [0.15, 0.2) is 5.82 Å². The van der Waals surface area contributed by atoms with Crippen LogP contribution in [0.4, 0.5) is 0 Å². The third kappa shape index (κ3) is 2.95. The third-order valence-electron chi connectivity index (χ3n) is 2.80. The van der Waals surface area contributed by atoms with Crippen molar-refractivity contribution < 1.29 is 0 Å². The van der Waals surface area contributed by atoms with Crippen molar-refractivity contribution in [1.29, 1.82) is 0 Å². The Morgan fingerprint density at radius 1 is 1.21 bits per heavy atom. The average Bonchev–Trinajstić information content (AvgIpc) is 2.31. The summed E-state index contributed by atoms with van der Waals surface area (Å²) in [4.78, 5) is 13.1. The van der Waals surface area contributed by atoms with Crippen LogP contribution >= 0.6 is 27.5 Å². The molecular weight excluding hydrogens is 326 g/mol. The molecule has 0 fully saturated rings. The second-order valence-electron chi connectivity index (χ2n) is 5.44. The molecule has 3 nitrogen and oxygen atoms in total. The largest absolute Gasteiger partial charge is 0.264 e. The van der Waals surface area contributed by atoms with Crippen molar-refractivity contribution in [3.63, 3.8) is 0 Å². The Balaban J connectivity index is 2.68. The first-order valence-electron chi connectivity index (χ1n) is 5.95. The van der Waals surface area contributed by atoms with Crippen LogP contribution in [0.15, 0.2) is 22.9 Å². The molecule has 0 unspecified atom stereocenters. The molecule has 0 radical (unpaired) electrons. The van der Waals surface area contributed by atoms with Gasteiger partial charge in [0.25, 0.3) is 0 Å². The number of aromatic nitrogens is 3. The van der Waals surface area contributed by atoms with Gasteiger partial charge < -0.3 is 0 Å². The molecule has 2 aromatic rings. The predicted molar refractivity (Wildman–Crippen MR) is 81.4 cm³/mol. The summed E-state index contributed by atoms with van der Waals surface area (Å²) >= 11 is 9.68. The molecule has 2 rings (SSSR count). The van der Waals surface area contributed by atoms with Gasteiger partial charge in [-0.15, -0.1) is 0 Å². The zero-order chi connectivity index (χ0) is 14.2. The number of hydrogen-bond donors (Lipinski definition) is 0. The highest BCUT2D eigenvalue weighted by Crippen LogP contribution is 2.34. The van der Waals surface area contributed by atoms with Crippen LogP contribution in [0.2, 0.25) is 5.15 Å². The van der Waals surface area contributed by atoms with Crippen molar-refractivity contribution in [2.45, 2.75) is 33.1 Å². The molecule has 2 aromatic heterocycles. The van der Waals surface area contributed by atoms with Crippen LogP contribution < -0.4 is 0 Å². The molecule has 5 heteroatoms. The smallest absolute Gasteiger partial charge is 0.163 e. The van der Waals surface area contributed by atoms with Gasteiger partial charge >= 0.3 is 0 Å². The van der Waals surface area contributed by atoms with Gasteiger partial charge in [-0.1, -0.05) is 32.4 Å². The van der Waals surface area contributed by atoms with Crippen molar-refractivity contribution in [3.05, 3.63) is 39.3 Å². The molecule has 0 spiro atoms. The lowest BCUT2D eigenvalue weighted by molar-refractivity contribution is 0.564. The van der Waals surface area contributed by atoms with Gasteiger partial charge in [-0.2, -0.15) is 0 Å². The van der Waals surface area contributed by atoms with E-state index in [0.29, 0.717) is 11.0 Å². The van der Waals surface area contributed by atoms with Crippen LogP contribution in [-0.4, -0.2) is 15.0 Å². The lowest BCUT2D eigenvalue weighted by Gasteiger charge is -2.20. The van der Waals surface area contributed by atoms with E-state index in [9.17, 15) is 0 Å². The lowest BCUT2D eigenvalue weighted by Crippen LogP contribution is -2.16. The van der Waals surface area contributed by atoms with Gasteiger partial charge in [0.2, 0.25) is 0 Å². The van der Waals surface area contributed by atoms with Crippen molar-refractivity contribution in [1.82, 2.24) is 15.0 Å². The monoisotopic (exact) mass is 339 g/mol. The molecule has 0 atom stereocenters. The fourth-order valence-corrected chi connectivity index (χ4v) is 2.68. The van der Waals surface area contributed by atoms with Gasteiger partial charge in [0.05, 0.1) is 10.2 Å². The minimum atomic E-state index is -0.115. The van der Waals surface area contributed by atoms with E-state index in [1.54, 1.807) is 12.4 Å². The Morgan fingerprint density at radius 2 is 1.89 bits per heavy atom. The first-order chi connectivity index (χ1) is 8.80. The molecule has 0 aromatic carbocycles. The Hall–Kier alpha value is -1.00. The fraction of sp³-hybridized carbons (Fsp3) is 0.357. The number of pyridine rings is 1. The molecule has 19 heavy (non-hydrogen) atoms. The summed E-state index contributed by atoms with van der Waals surface area (Å²) in [5.74, 6) is 0.615. The number of nitrogens with zero attached hydrogens (tertiary/aromatic N) is 3.